The average Bonchev–Trinajstić information content (AvgIpc) is 2.75. The minimum atomic E-state index is -0.353. The minimum Gasteiger partial charge on any atom is -0.457 e. The number of nitrogens with zero attached hydrogens (tertiary/aromatic N) is 1. The SMILES string of the molecule is CC1CCC(C(C)C)C(OC(=O)c2cc(N)n[nH]2)C1. The van der Waals surface area contributed by atoms with Gasteiger partial charge in [-0.1, -0.05) is 27.2 Å². The molecule has 0 saturated heterocycles. The fraction of sp³-hybridized carbons (Fsp3) is 0.714. The summed E-state index contributed by atoms with van der Waals surface area (Å²) in [6.45, 7) is 6.59. The molecule has 0 bridgehead atoms. The van der Waals surface area contributed by atoms with E-state index in [0.717, 1.165) is 12.8 Å². The number of rotatable bonds is 3. The summed E-state index contributed by atoms with van der Waals surface area (Å²) in [6, 6.07) is 1.51. The van der Waals surface area contributed by atoms with Crippen LogP contribution >= 0.6 is 0 Å². The Kier molecular flexibility index (Phi) is 4.12. The zero-order valence-electron chi connectivity index (χ0n) is 11.8. The quantitative estimate of drug-likeness (QED) is 0.823. The first-order valence-electron chi connectivity index (χ1n) is 6.99. The minimum absolute atomic E-state index is 0.000717. The second-order valence-electron chi connectivity index (χ2n) is 5.98. The molecule has 5 heteroatoms. The Morgan fingerprint density at radius 1 is 1.53 bits per heavy atom. The lowest BCUT2D eigenvalue weighted by Gasteiger charge is -2.36. The molecule has 3 N–H and O–H groups in total. The number of anilines is 1. The van der Waals surface area contributed by atoms with Crippen LogP contribution in [0.1, 0.15) is 50.5 Å². The molecule has 1 aromatic heterocycles. The fourth-order valence-corrected chi connectivity index (χ4v) is 2.89. The summed E-state index contributed by atoms with van der Waals surface area (Å²) in [4.78, 5) is 12.1. The molecule has 1 aromatic rings. The topological polar surface area (TPSA) is 81.0 Å². The molecule has 0 spiro atoms. The van der Waals surface area contributed by atoms with Gasteiger partial charge in [0.25, 0.3) is 0 Å². The molecule has 1 heterocycles. The molecule has 0 radical (unpaired) electrons. The van der Waals surface area contributed by atoms with Gasteiger partial charge in [0.15, 0.2) is 0 Å². The van der Waals surface area contributed by atoms with Gasteiger partial charge in [0.1, 0.15) is 17.6 Å². The van der Waals surface area contributed by atoms with Gasteiger partial charge in [-0.3, -0.25) is 5.10 Å². The third kappa shape index (κ3) is 3.28. The van der Waals surface area contributed by atoms with Crippen molar-refractivity contribution in [2.45, 2.75) is 46.1 Å². The van der Waals surface area contributed by atoms with Crippen molar-refractivity contribution in [3.05, 3.63) is 11.8 Å². The molecule has 1 aliphatic carbocycles. The van der Waals surface area contributed by atoms with Crippen LogP contribution in [0.5, 0.6) is 0 Å². The maximum atomic E-state index is 12.1. The van der Waals surface area contributed by atoms with Crippen LogP contribution in [0.3, 0.4) is 0 Å². The Balaban J connectivity index is 2.04. The average molecular weight is 265 g/mol. The molecule has 1 saturated carbocycles. The zero-order chi connectivity index (χ0) is 14.0. The first kappa shape index (κ1) is 13.9. The number of H-pyrrole nitrogens is 1. The van der Waals surface area contributed by atoms with Crippen molar-refractivity contribution < 1.29 is 9.53 Å². The molecule has 2 rings (SSSR count). The van der Waals surface area contributed by atoms with Crippen molar-refractivity contribution >= 4 is 11.8 Å². The summed E-state index contributed by atoms with van der Waals surface area (Å²) in [6.07, 6.45) is 3.29. The summed E-state index contributed by atoms with van der Waals surface area (Å²) < 4.78 is 5.67. The lowest BCUT2D eigenvalue weighted by atomic mass is 9.75. The van der Waals surface area contributed by atoms with E-state index in [4.69, 9.17) is 10.5 Å². The van der Waals surface area contributed by atoms with E-state index < -0.39 is 0 Å². The highest BCUT2D eigenvalue weighted by Gasteiger charge is 2.33. The van der Waals surface area contributed by atoms with Crippen LogP contribution in [0.15, 0.2) is 6.07 Å². The lowest BCUT2D eigenvalue weighted by molar-refractivity contribution is -0.0179. The van der Waals surface area contributed by atoms with Crippen molar-refractivity contribution in [1.29, 1.82) is 0 Å². The molecule has 1 fully saturated rings. The standard InChI is InChI=1S/C14H23N3O2/c1-8(2)10-5-4-9(3)6-12(10)19-14(18)11-7-13(15)17-16-11/h7-10,12H,4-6H2,1-3H3,(H3,15,16,17). The van der Waals surface area contributed by atoms with Gasteiger partial charge in [0, 0.05) is 6.07 Å². The summed E-state index contributed by atoms with van der Waals surface area (Å²) >= 11 is 0. The lowest BCUT2D eigenvalue weighted by Crippen LogP contribution is -2.35. The predicted octanol–water partition coefficient (Wildman–Crippen LogP) is 2.61. The number of nitrogen functional groups attached to an aromatic ring is 1. The molecule has 0 amide bonds. The molecule has 19 heavy (non-hydrogen) atoms. The summed E-state index contributed by atoms with van der Waals surface area (Å²) in [7, 11) is 0. The number of aromatic amines is 1. The van der Waals surface area contributed by atoms with Gasteiger partial charge >= 0.3 is 5.97 Å². The Morgan fingerprint density at radius 2 is 2.26 bits per heavy atom. The third-order valence-corrected chi connectivity index (χ3v) is 4.04. The maximum Gasteiger partial charge on any atom is 0.356 e. The molecular weight excluding hydrogens is 242 g/mol. The van der Waals surface area contributed by atoms with Gasteiger partial charge in [0.05, 0.1) is 0 Å². The van der Waals surface area contributed by atoms with E-state index in [1.807, 2.05) is 0 Å². The van der Waals surface area contributed by atoms with E-state index >= 15 is 0 Å². The van der Waals surface area contributed by atoms with E-state index in [0.29, 0.717) is 29.3 Å². The fourth-order valence-electron chi connectivity index (χ4n) is 2.89. The van der Waals surface area contributed by atoms with Crippen LogP contribution in [-0.4, -0.2) is 22.3 Å². The van der Waals surface area contributed by atoms with Crippen LogP contribution in [-0.2, 0) is 4.74 Å². The zero-order valence-corrected chi connectivity index (χ0v) is 11.8. The Morgan fingerprint density at radius 3 is 2.84 bits per heavy atom. The number of aromatic nitrogens is 2. The molecule has 0 aliphatic heterocycles. The number of esters is 1. The first-order valence-corrected chi connectivity index (χ1v) is 6.99. The highest BCUT2D eigenvalue weighted by Crippen LogP contribution is 2.35. The molecular formula is C14H23N3O2. The van der Waals surface area contributed by atoms with Gasteiger partial charge in [-0.15, -0.1) is 0 Å². The third-order valence-electron chi connectivity index (χ3n) is 4.04. The number of nitrogens with two attached hydrogens (primary N) is 1. The Bertz CT molecular complexity index is 442. The smallest absolute Gasteiger partial charge is 0.356 e. The van der Waals surface area contributed by atoms with E-state index in [1.165, 1.54) is 12.5 Å². The van der Waals surface area contributed by atoms with Crippen molar-refractivity contribution in [2.75, 3.05) is 5.73 Å². The molecule has 3 atom stereocenters. The van der Waals surface area contributed by atoms with E-state index in [-0.39, 0.29) is 12.1 Å². The highest BCUT2D eigenvalue weighted by atomic mass is 16.5. The summed E-state index contributed by atoms with van der Waals surface area (Å²) in [5.41, 5.74) is 5.83. The molecule has 1 aliphatic rings. The molecule has 0 aromatic carbocycles. The second-order valence-corrected chi connectivity index (χ2v) is 5.98. The van der Waals surface area contributed by atoms with Crippen LogP contribution in [0.4, 0.5) is 5.82 Å². The van der Waals surface area contributed by atoms with Gasteiger partial charge in [-0.05, 0) is 30.6 Å². The van der Waals surface area contributed by atoms with Crippen molar-refractivity contribution in [2.24, 2.45) is 17.8 Å². The second kappa shape index (κ2) is 5.63. The van der Waals surface area contributed by atoms with Crippen LogP contribution in [0.2, 0.25) is 0 Å². The number of hydrogen-bond acceptors (Lipinski definition) is 4. The maximum absolute atomic E-state index is 12.1. The largest absolute Gasteiger partial charge is 0.457 e. The molecule has 3 unspecified atom stereocenters. The van der Waals surface area contributed by atoms with E-state index in [2.05, 4.69) is 31.0 Å². The first-order chi connectivity index (χ1) is 8.97. The van der Waals surface area contributed by atoms with Crippen molar-refractivity contribution in [3.63, 3.8) is 0 Å². The summed E-state index contributed by atoms with van der Waals surface area (Å²) in [5.74, 6) is 1.54. The van der Waals surface area contributed by atoms with Crippen molar-refractivity contribution in [3.8, 4) is 0 Å². The summed E-state index contributed by atoms with van der Waals surface area (Å²) in [5, 5.41) is 6.35. The van der Waals surface area contributed by atoms with Gasteiger partial charge in [-0.25, -0.2) is 4.79 Å². The number of ether oxygens (including phenoxy) is 1. The highest BCUT2D eigenvalue weighted by molar-refractivity contribution is 5.88. The van der Waals surface area contributed by atoms with E-state index in [9.17, 15) is 4.79 Å². The Labute approximate surface area is 113 Å². The molecule has 106 valence electrons. The van der Waals surface area contributed by atoms with E-state index in [1.54, 1.807) is 0 Å². The van der Waals surface area contributed by atoms with Crippen LogP contribution < -0.4 is 5.73 Å². The van der Waals surface area contributed by atoms with Gasteiger partial charge in [0.2, 0.25) is 0 Å². The predicted molar refractivity (Wildman–Crippen MR) is 73.5 cm³/mol. The van der Waals surface area contributed by atoms with Crippen molar-refractivity contribution in [1.82, 2.24) is 10.2 Å². The van der Waals surface area contributed by atoms with Gasteiger partial charge < -0.3 is 10.5 Å². The van der Waals surface area contributed by atoms with Crippen LogP contribution in [0.25, 0.3) is 0 Å². The van der Waals surface area contributed by atoms with Crippen LogP contribution in [0, 0.1) is 17.8 Å². The number of hydrogen-bond donors (Lipinski definition) is 2. The number of carbonyl (C=O) groups is 1. The normalized spacial score (nSPS) is 27.5. The Hall–Kier alpha value is -1.52. The number of nitrogens with one attached hydrogen (secondary N) is 1. The number of carbonyl (C=O) groups excluding carboxylic acids is 1. The van der Waals surface area contributed by atoms with Gasteiger partial charge in [-0.2, -0.15) is 5.10 Å². The monoisotopic (exact) mass is 265 g/mol. The molecule has 5 nitrogen and oxygen atoms in total.